The van der Waals surface area contributed by atoms with Crippen molar-refractivity contribution in [2.75, 3.05) is 43.5 Å². The van der Waals surface area contributed by atoms with E-state index in [-0.39, 0.29) is 40.7 Å². The number of halogens is 2. The summed E-state index contributed by atoms with van der Waals surface area (Å²) in [5.41, 5.74) is 0.892. The number of nitriles is 1. The number of amides is 1. The fraction of sp³-hybridized carbons (Fsp3) is 0.576. The van der Waals surface area contributed by atoms with E-state index >= 15 is 0 Å². The number of piperidine rings is 1. The number of hydrogen-bond donors (Lipinski definition) is 1. The highest BCUT2D eigenvalue weighted by atomic mass is 35.5. The lowest BCUT2D eigenvalue weighted by molar-refractivity contribution is -0.119. The number of nitrogens with zero attached hydrogens (tertiary/aromatic N) is 3. The average Bonchev–Trinajstić information content (AvgIpc) is 3.77. The first-order chi connectivity index (χ1) is 20.7. The van der Waals surface area contributed by atoms with Crippen LogP contribution in [0.3, 0.4) is 0 Å². The molecule has 2 saturated carbocycles. The summed E-state index contributed by atoms with van der Waals surface area (Å²) in [6.45, 7) is 4.60. The van der Waals surface area contributed by atoms with Gasteiger partial charge in [0.1, 0.15) is 11.7 Å². The minimum atomic E-state index is -3.17. The number of hydrogen-bond acceptors (Lipinski definition) is 6. The third-order valence-corrected chi connectivity index (χ3v) is 12.8. The van der Waals surface area contributed by atoms with Crippen LogP contribution in [0.1, 0.15) is 50.5 Å². The molecule has 3 atom stereocenters. The Hall–Kier alpha value is -2.67. The molecule has 0 radical (unpaired) electrons. The van der Waals surface area contributed by atoms with Crippen molar-refractivity contribution < 1.29 is 17.6 Å². The van der Waals surface area contributed by atoms with Crippen molar-refractivity contribution in [3.8, 4) is 6.07 Å². The summed E-state index contributed by atoms with van der Waals surface area (Å²) in [5, 5.41) is 13.7. The fourth-order valence-electron chi connectivity index (χ4n) is 7.91. The fourth-order valence-corrected chi connectivity index (χ4v) is 9.64. The van der Waals surface area contributed by atoms with Gasteiger partial charge in [0, 0.05) is 43.2 Å². The van der Waals surface area contributed by atoms with Gasteiger partial charge in [0.25, 0.3) is 0 Å². The van der Waals surface area contributed by atoms with Crippen LogP contribution >= 0.6 is 11.6 Å². The van der Waals surface area contributed by atoms with E-state index < -0.39 is 15.3 Å². The van der Waals surface area contributed by atoms with Crippen molar-refractivity contribution in [2.45, 2.75) is 66.5 Å². The van der Waals surface area contributed by atoms with Crippen molar-refractivity contribution in [3.05, 3.63) is 59.9 Å². The monoisotopic (exact) mass is 626 g/mol. The third kappa shape index (κ3) is 6.03. The van der Waals surface area contributed by atoms with Gasteiger partial charge >= 0.3 is 0 Å². The second-order valence-electron chi connectivity index (χ2n) is 12.9. The van der Waals surface area contributed by atoms with Gasteiger partial charge in [-0.15, -0.1) is 11.6 Å². The van der Waals surface area contributed by atoms with Crippen molar-refractivity contribution in [1.29, 1.82) is 5.26 Å². The summed E-state index contributed by atoms with van der Waals surface area (Å²) in [6, 6.07) is 16.4. The topological polar surface area (TPSA) is 93.5 Å². The summed E-state index contributed by atoms with van der Waals surface area (Å²) in [4.78, 5) is 17.5. The number of benzene rings is 2. The highest BCUT2D eigenvalue weighted by molar-refractivity contribution is 7.92. The Balaban J connectivity index is 1.09. The first kappa shape index (κ1) is 30.4. The molecular formula is C33H40ClFN4O3S. The number of sulfone groups is 1. The number of likely N-dealkylation sites (tertiary alicyclic amines) is 1. The predicted molar refractivity (Wildman–Crippen MR) is 165 cm³/mol. The Morgan fingerprint density at radius 3 is 2.40 bits per heavy atom. The zero-order valence-corrected chi connectivity index (χ0v) is 26.0. The maximum Gasteiger partial charge on any atom is 0.235 e. The molecule has 2 aromatic carbocycles. The lowest BCUT2D eigenvalue weighted by atomic mass is 9.59. The van der Waals surface area contributed by atoms with Gasteiger partial charge in [0.15, 0.2) is 9.84 Å². The van der Waals surface area contributed by atoms with Crippen LogP contribution in [-0.2, 0) is 20.0 Å². The van der Waals surface area contributed by atoms with E-state index in [1.54, 1.807) is 18.2 Å². The van der Waals surface area contributed by atoms with Crippen LogP contribution in [0.15, 0.2) is 53.4 Å². The van der Waals surface area contributed by atoms with Crippen LogP contribution in [0.25, 0.3) is 0 Å². The molecule has 43 heavy (non-hydrogen) atoms. The molecule has 1 unspecified atom stereocenters. The SMILES string of the molecule is N#CC(c1cccc(F)c1)(C1CCN(CC2CN(c3ccc(S(=O)(=O)C4CC4)cc3)C2)CC1)[C@H]1CCC[C@@H]1NC(=O)CCl. The Bertz CT molecular complexity index is 1460. The summed E-state index contributed by atoms with van der Waals surface area (Å²) >= 11 is 5.81. The highest BCUT2D eigenvalue weighted by Crippen LogP contribution is 2.50. The summed E-state index contributed by atoms with van der Waals surface area (Å²) < 4.78 is 39.5. The van der Waals surface area contributed by atoms with E-state index in [0.29, 0.717) is 10.8 Å². The third-order valence-electron chi connectivity index (χ3n) is 10.3. The molecule has 6 rings (SSSR count). The van der Waals surface area contributed by atoms with E-state index in [1.807, 2.05) is 18.2 Å². The van der Waals surface area contributed by atoms with E-state index in [1.165, 1.54) is 12.1 Å². The Morgan fingerprint density at radius 1 is 1.05 bits per heavy atom. The van der Waals surface area contributed by atoms with E-state index in [0.717, 1.165) is 88.9 Å². The van der Waals surface area contributed by atoms with Gasteiger partial charge in [-0.25, -0.2) is 12.8 Å². The van der Waals surface area contributed by atoms with Crippen LogP contribution in [-0.4, -0.2) is 69.1 Å². The molecule has 4 aliphatic rings. The minimum Gasteiger partial charge on any atom is -0.371 e. The summed E-state index contributed by atoms with van der Waals surface area (Å²) in [7, 11) is -3.17. The molecule has 2 heterocycles. The van der Waals surface area contributed by atoms with Crippen LogP contribution in [0.4, 0.5) is 10.1 Å². The van der Waals surface area contributed by atoms with Crippen molar-refractivity contribution in [2.24, 2.45) is 17.8 Å². The minimum absolute atomic E-state index is 0.0531. The van der Waals surface area contributed by atoms with Gasteiger partial charge in [-0.2, -0.15) is 5.26 Å². The normalized spacial score (nSPS) is 25.1. The van der Waals surface area contributed by atoms with Crippen LogP contribution in [0, 0.1) is 34.9 Å². The van der Waals surface area contributed by atoms with Gasteiger partial charge in [-0.05, 0) is 99.5 Å². The Morgan fingerprint density at radius 2 is 1.77 bits per heavy atom. The molecule has 0 aromatic heterocycles. The first-order valence-electron chi connectivity index (χ1n) is 15.6. The van der Waals surface area contributed by atoms with Gasteiger partial charge in [0.2, 0.25) is 5.91 Å². The van der Waals surface area contributed by atoms with Gasteiger partial charge in [0.05, 0.1) is 21.6 Å². The van der Waals surface area contributed by atoms with Crippen LogP contribution in [0.5, 0.6) is 0 Å². The van der Waals surface area contributed by atoms with E-state index in [4.69, 9.17) is 11.6 Å². The maximum absolute atomic E-state index is 14.5. The molecule has 4 fully saturated rings. The quantitative estimate of drug-likeness (QED) is 0.377. The second kappa shape index (κ2) is 12.4. The molecule has 1 N–H and O–H groups in total. The standard InChI is InChI=1S/C33H40ClFN4O3S/c34-18-32(40)37-31-6-2-5-30(31)33(22-36,25-3-1-4-26(35)17-25)24-13-15-38(16-14-24)19-23-20-39(21-23)27-7-9-28(10-8-27)43(41,42)29-11-12-29/h1,3-4,7-10,17,23-24,29-31H,2,5-6,11-16,18-21H2,(H,37,40)/t30-,31-,33?/m0/s1. The molecule has 0 spiro atoms. The molecule has 7 nitrogen and oxygen atoms in total. The van der Waals surface area contributed by atoms with Gasteiger partial charge in [-0.1, -0.05) is 18.6 Å². The number of rotatable bonds is 10. The molecule has 2 aliphatic carbocycles. The lowest BCUT2D eigenvalue weighted by Gasteiger charge is -2.48. The molecular weight excluding hydrogens is 587 g/mol. The zero-order valence-electron chi connectivity index (χ0n) is 24.4. The smallest absolute Gasteiger partial charge is 0.235 e. The van der Waals surface area contributed by atoms with Crippen LogP contribution < -0.4 is 10.2 Å². The number of carbonyl (C=O) groups excluding carboxylic acids is 1. The van der Waals surface area contributed by atoms with Gasteiger partial charge in [-0.3, -0.25) is 4.79 Å². The molecule has 0 bridgehead atoms. The number of carbonyl (C=O) groups is 1. The van der Waals surface area contributed by atoms with E-state index in [2.05, 4.69) is 21.2 Å². The van der Waals surface area contributed by atoms with E-state index in [9.17, 15) is 22.9 Å². The number of alkyl halides is 1. The Kier molecular flexibility index (Phi) is 8.74. The van der Waals surface area contributed by atoms with Crippen molar-refractivity contribution in [3.63, 3.8) is 0 Å². The Labute approximate surface area is 259 Å². The first-order valence-corrected chi connectivity index (χ1v) is 17.7. The van der Waals surface area contributed by atoms with Crippen LogP contribution in [0.2, 0.25) is 0 Å². The summed E-state index contributed by atoms with van der Waals surface area (Å²) in [6.07, 6.45) is 5.72. The highest BCUT2D eigenvalue weighted by Gasteiger charge is 2.52. The summed E-state index contributed by atoms with van der Waals surface area (Å²) in [5.74, 6) is -0.213. The maximum atomic E-state index is 14.5. The molecule has 2 aliphatic heterocycles. The molecule has 2 saturated heterocycles. The van der Waals surface area contributed by atoms with Crippen molar-refractivity contribution >= 4 is 33.0 Å². The number of nitrogens with one attached hydrogen (secondary N) is 1. The molecule has 2 aromatic rings. The second-order valence-corrected chi connectivity index (χ2v) is 15.4. The molecule has 10 heteroatoms. The number of anilines is 1. The van der Waals surface area contributed by atoms with Gasteiger partial charge < -0.3 is 15.1 Å². The largest absolute Gasteiger partial charge is 0.371 e. The molecule has 230 valence electrons. The molecule has 1 amide bonds. The lowest BCUT2D eigenvalue weighted by Crippen LogP contribution is -2.55. The van der Waals surface area contributed by atoms with Crippen molar-refractivity contribution in [1.82, 2.24) is 10.2 Å². The zero-order chi connectivity index (χ0) is 30.2. The predicted octanol–water partition coefficient (Wildman–Crippen LogP) is 4.90. The average molecular weight is 627 g/mol.